The van der Waals surface area contributed by atoms with Gasteiger partial charge in [-0.15, -0.1) is 12.4 Å². The number of fused-ring (bicyclic) bond motifs is 1. The fourth-order valence-electron chi connectivity index (χ4n) is 2.70. The van der Waals surface area contributed by atoms with E-state index in [0.29, 0.717) is 23.2 Å². The summed E-state index contributed by atoms with van der Waals surface area (Å²) in [6.07, 6.45) is 3.60. The highest BCUT2D eigenvalue weighted by atomic mass is 35.5. The van der Waals surface area contributed by atoms with Crippen LogP contribution in [0.15, 0.2) is 61.4 Å². The summed E-state index contributed by atoms with van der Waals surface area (Å²) in [5.41, 5.74) is 2.60. The monoisotopic (exact) mass is 391 g/mol. The number of alkyl halides is 3. The minimum absolute atomic E-state index is 0. The molecule has 0 unspecified atom stereocenters. The van der Waals surface area contributed by atoms with Crippen LogP contribution in [0.1, 0.15) is 11.1 Å². The second-order valence-corrected chi connectivity index (χ2v) is 5.76. The molecule has 0 radical (unpaired) electrons. The van der Waals surface area contributed by atoms with Crippen LogP contribution in [0.5, 0.6) is 0 Å². The maximum absolute atomic E-state index is 13.0. The molecular weight excluding hydrogens is 379 g/mol. The highest BCUT2D eigenvalue weighted by Crippen LogP contribution is 2.32. The number of hydrogen-bond acceptors (Lipinski definition) is 4. The Balaban J connectivity index is 0.00000210. The van der Waals surface area contributed by atoms with Crippen LogP contribution < -0.4 is 0 Å². The van der Waals surface area contributed by atoms with Gasteiger partial charge in [0, 0.05) is 29.7 Å². The van der Waals surface area contributed by atoms with Crippen molar-refractivity contribution >= 4 is 23.4 Å². The summed E-state index contributed by atoms with van der Waals surface area (Å²) in [4.78, 5) is 12.3. The molecule has 138 valence electrons. The molecule has 0 spiro atoms. The van der Waals surface area contributed by atoms with Gasteiger partial charge < -0.3 is 0 Å². The van der Waals surface area contributed by atoms with Crippen molar-refractivity contribution in [3.63, 3.8) is 0 Å². The van der Waals surface area contributed by atoms with Crippen LogP contribution in [0.4, 0.5) is 13.2 Å². The van der Waals surface area contributed by atoms with E-state index in [1.807, 2.05) is 0 Å². The van der Waals surface area contributed by atoms with Crippen molar-refractivity contribution in [3.8, 4) is 11.1 Å². The average molecular weight is 392 g/mol. The number of hydrogen-bond donors (Lipinski definition) is 0. The molecule has 3 heterocycles. The van der Waals surface area contributed by atoms with Crippen LogP contribution in [0.2, 0.25) is 0 Å². The van der Waals surface area contributed by atoms with Gasteiger partial charge in [-0.1, -0.05) is 12.1 Å². The van der Waals surface area contributed by atoms with Crippen molar-refractivity contribution in [2.24, 2.45) is 0 Å². The molecule has 0 saturated heterocycles. The van der Waals surface area contributed by atoms with Crippen molar-refractivity contribution in [3.05, 3.63) is 72.6 Å². The van der Waals surface area contributed by atoms with Crippen molar-refractivity contribution in [2.75, 3.05) is 0 Å². The van der Waals surface area contributed by atoms with Gasteiger partial charge in [0.15, 0.2) is 0 Å². The van der Waals surface area contributed by atoms with Crippen LogP contribution in [-0.2, 0) is 12.7 Å². The minimum atomic E-state index is -4.39. The Morgan fingerprint density at radius 3 is 2.44 bits per heavy atom. The zero-order valence-electron chi connectivity index (χ0n) is 13.8. The van der Waals surface area contributed by atoms with E-state index < -0.39 is 11.7 Å². The van der Waals surface area contributed by atoms with Crippen molar-refractivity contribution in [1.82, 2.24) is 24.7 Å². The van der Waals surface area contributed by atoms with Crippen LogP contribution in [-0.4, -0.2) is 24.7 Å². The number of halogens is 4. The van der Waals surface area contributed by atoms with Crippen LogP contribution in [0, 0.1) is 0 Å². The molecule has 1 aromatic carbocycles. The number of aromatic nitrogens is 5. The molecule has 3 aromatic heterocycles. The predicted octanol–water partition coefficient (Wildman–Crippen LogP) is 4.38. The molecule has 5 nitrogen and oxygen atoms in total. The molecule has 27 heavy (non-hydrogen) atoms. The quantitative estimate of drug-likeness (QED) is 0.520. The maximum atomic E-state index is 13.0. The van der Waals surface area contributed by atoms with Crippen LogP contribution in [0.25, 0.3) is 22.2 Å². The second kappa shape index (κ2) is 7.32. The Labute approximate surface area is 158 Å². The van der Waals surface area contributed by atoms with E-state index >= 15 is 0 Å². The summed E-state index contributed by atoms with van der Waals surface area (Å²) in [6.45, 7) is 0.443. The van der Waals surface area contributed by atoms with E-state index in [9.17, 15) is 13.2 Å². The zero-order valence-corrected chi connectivity index (χ0v) is 14.6. The Kier molecular flexibility index (Phi) is 5.09. The summed E-state index contributed by atoms with van der Waals surface area (Å²) < 4.78 is 40.6. The topological polar surface area (TPSA) is 56.5 Å². The van der Waals surface area contributed by atoms with E-state index in [1.165, 1.54) is 12.4 Å². The van der Waals surface area contributed by atoms with Gasteiger partial charge in [0.2, 0.25) is 0 Å². The first-order chi connectivity index (χ1) is 12.5. The molecule has 0 bridgehead atoms. The van der Waals surface area contributed by atoms with Crippen LogP contribution in [0.3, 0.4) is 0 Å². The van der Waals surface area contributed by atoms with Gasteiger partial charge in [0.05, 0.1) is 23.8 Å². The molecule has 9 heteroatoms. The highest BCUT2D eigenvalue weighted by molar-refractivity contribution is 5.85. The fraction of sp³-hybridized carbons (Fsp3) is 0.111. The fourth-order valence-corrected chi connectivity index (χ4v) is 2.70. The summed E-state index contributed by atoms with van der Waals surface area (Å²) >= 11 is 0. The summed E-state index contributed by atoms with van der Waals surface area (Å²) in [7, 11) is 0. The van der Waals surface area contributed by atoms with Gasteiger partial charge in [-0.05, 0) is 23.8 Å². The molecule has 0 aliphatic heterocycles. The first-order valence-corrected chi connectivity index (χ1v) is 7.74. The first-order valence-electron chi connectivity index (χ1n) is 7.74. The SMILES string of the molecule is Cl.FC(F)(F)c1cccc(-c2cnc3cnn(Cc4cncnc4)c3c2)c1. The molecule has 0 fully saturated rings. The van der Waals surface area contributed by atoms with Crippen LogP contribution >= 0.6 is 12.4 Å². The summed E-state index contributed by atoms with van der Waals surface area (Å²) in [6, 6.07) is 6.98. The molecule has 4 aromatic rings. The third-order valence-corrected chi connectivity index (χ3v) is 3.96. The van der Waals surface area contributed by atoms with Gasteiger partial charge in [-0.2, -0.15) is 18.3 Å². The molecular formula is C18H13ClF3N5. The molecule has 0 amide bonds. The van der Waals surface area contributed by atoms with E-state index in [1.54, 1.807) is 41.6 Å². The third kappa shape index (κ3) is 3.90. The summed E-state index contributed by atoms with van der Waals surface area (Å²) in [5.74, 6) is 0. The first kappa shape index (κ1) is 18.8. The van der Waals surface area contributed by atoms with Gasteiger partial charge >= 0.3 is 6.18 Å². The van der Waals surface area contributed by atoms with E-state index in [2.05, 4.69) is 20.1 Å². The van der Waals surface area contributed by atoms with E-state index in [-0.39, 0.29) is 12.4 Å². The van der Waals surface area contributed by atoms with Gasteiger partial charge in [-0.3, -0.25) is 9.67 Å². The Morgan fingerprint density at radius 2 is 1.70 bits per heavy atom. The predicted molar refractivity (Wildman–Crippen MR) is 96.3 cm³/mol. The molecule has 0 aliphatic carbocycles. The zero-order chi connectivity index (χ0) is 18.1. The number of rotatable bonds is 3. The lowest BCUT2D eigenvalue weighted by Gasteiger charge is -2.09. The van der Waals surface area contributed by atoms with Crippen molar-refractivity contribution in [1.29, 1.82) is 0 Å². The lowest BCUT2D eigenvalue weighted by atomic mass is 10.0. The maximum Gasteiger partial charge on any atom is 0.416 e. The standard InChI is InChI=1S/C18H12F3N5.ClH/c19-18(20,21)15-3-1-2-13(4-15)14-5-17-16(24-8-14)9-25-26(17)10-12-6-22-11-23-7-12;/h1-9,11H,10H2;1H. The molecule has 0 N–H and O–H groups in total. The smallest absolute Gasteiger partial charge is 0.259 e. The van der Waals surface area contributed by atoms with Gasteiger partial charge in [0.25, 0.3) is 0 Å². The number of nitrogens with zero attached hydrogens (tertiary/aromatic N) is 5. The Hall–Kier alpha value is -3.00. The molecule has 0 aliphatic rings. The summed E-state index contributed by atoms with van der Waals surface area (Å²) in [5, 5.41) is 4.30. The number of pyridine rings is 1. The molecule has 0 saturated carbocycles. The third-order valence-electron chi connectivity index (χ3n) is 3.96. The average Bonchev–Trinajstić information content (AvgIpc) is 3.04. The lowest BCUT2D eigenvalue weighted by molar-refractivity contribution is -0.137. The minimum Gasteiger partial charge on any atom is -0.259 e. The second-order valence-electron chi connectivity index (χ2n) is 5.76. The van der Waals surface area contributed by atoms with Gasteiger partial charge in [-0.25, -0.2) is 9.97 Å². The largest absolute Gasteiger partial charge is 0.416 e. The molecule has 4 rings (SSSR count). The van der Waals surface area contributed by atoms with E-state index in [4.69, 9.17) is 0 Å². The molecule has 0 atom stereocenters. The lowest BCUT2D eigenvalue weighted by Crippen LogP contribution is -2.04. The number of benzene rings is 1. The highest BCUT2D eigenvalue weighted by Gasteiger charge is 2.30. The Bertz CT molecular complexity index is 1060. The normalized spacial score (nSPS) is 11.4. The Morgan fingerprint density at radius 1 is 0.926 bits per heavy atom. The van der Waals surface area contributed by atoms with Gasteiger partial charge in [0.1, 0.15) is 11.8 Å². The van der Waals surface area contributed by atoms with Crippen molar-refractivity contribution in [2.45, 2.75) is 12.7 Å². The van der Waals surface area contributed by atoms with Crippen molar-refractivity contribution < 1.29 is 13.2 Å². The van der Waals surface area contributed by atoms with E-state index in [0.717, 1.165) is 23.2 Å².